The van der Waals surface area contributed by atoms with Crippen molar-refractivity contribution in [1.29, 1.82) is 5.26 Å². The van der Waals surface area contributed by atoms with E-state index in [9.17, 15) is 4.79 Å². The number of nitrogens with zero attached hydrogens (tertiary/aromatic N) is 2. The minimum absolute atomic E-state index is 0.176. The van der Waals surface area contributed by atoms with E-state index in [1.807, 2.05) is 0 Å². The number of rotatable bonds is 2. The predicted octanol–water partition coefficient (Wildman–Crippen LogP) is 2.57. The zero-order valence-electron chi connectivity index (χ0n) is 8.77. The second-order valence-electron chi connectivity index (χ2n) is 2.83. The Morgan fingerprint density at radius 3 is 2.82 bits per heavy atom. The van der Waals surface area contributed by atoms with Crippen LogP contribution in [0.3, 0.4) is 0 Å². The lowest BCUT2D eigenvalue weighted by atomic mass is 10.2. The fourth-order valence-corrected chi connectivity index (χ4v) is 1.82. The molecule has 0 aliphatic heterocycles. The van der Waals surface area contributed by atoms with E-state index in [4.69, 9.17) is 10.4 Å². The fraction of sp³-hybridized carbons (Fsp3) is 0.100. The van der Waals surface area contributed by atoms with Gasteiger partial charge in [-0.3, -0.25) is 5.32 Å². The topological polar surface area (TPSA) is 85.5 Å². The summed E-state index contributed by atoms with van der Waals surface area (Å²) in [4.78, 5) is 14.9. The largest absolute Gasteiger partial charge is 0.478 e. The van der Waals surface area contributed by atoms with Gasteiger partial charge in [0.25, 0.3) is 0 Å². The van der Waals surface area contributed by atoms with Crippen LogP contribution in [0, 0.1) is 11.5 Å². The molecular weight excluding hydrogens is 306 g/mol. The van der Waals surface area contributed by atoms with E-state index in [0.29, 0.717) is 15.3 Å². The van der Waals surface area contributed by atoms with Gasteiger partial charge in [-0.25, -0.2) is 9.79 Å². The predicted molar refractivity (Wildman–Crippen MR) is 70.5 cm³/mol. The number of hydrogen-bond acceptors (Lipinski definition) is 4. The molecule has 0 bridgehead atoms. The van der Waals surface area contributed by atoms with Gasteiger partial charge >= 0.3 is 5.97 Å². The van der Waals surface area contributed by atoms with Crippen LogP contribution in [0.1, 0.15) is 10.4 Å². The van der Waals surface area contributed by atoms with Crippen LogP contribution in [0.4, 0.5) is 5.69 Å². The summed E-state index contributed by atoms with van der Waals surface area (Å²) in [6, 6.07) is 4.49. The number of nitriles is 1. The van der Waals surface area contributed by atoms with Gasteiger partial charge in [-0.15, -0.1) is 0 Å². The molecule has 1 aromatic rings. The molecule has 7 heteroatoms. The number of aromatic carboxylic acids is 1. The molecule has 2 N–H and O–H groups in total. The van der Waals surface area contributed by atoms with Crippen LogP contribution in [-0.2, 0) is 0 Å². The Balaban J connectivity index is 3.08. The van der Waals surface area contributed by atoms with Crippen LogP contribution in [0.15, 0.2) is 27.7 Å². The first-order valence-electron chi connectivity index (χ1n) is 4.39. The van der Waals surface area contributed by atoms with Crippen LogP contribution in [0.25, 0.3) is 0 Å². The van der Waals surface area contributed by atoms with Crippen molar-refractivity contribution in [2.45, 2.75) is 0 Å². The minimum Gasteiger partial charge on any atom is -0.478 e. The van der Waals surface area contributed by atoms with E-state index in [1.54, 1.807) is 18.5 Å². The maximum atomic E-state index is 10.7. The number of hydrogen-bond donors (Lipinski definition) is 2. The molecule has 17 heavy (non-hydrogen) atoms. The molecule has 0 unspecified atom stereocenters. The second kappa shape index (κ2) is 6.27. The smallest absolute Gasteiger partial charge is 0.335 e. The summed E-state index contributed by atoms with van der Waals surface area (Å²) in [6.07, 6.45) is 3.56. The highest BCUT2D eigenvalue weighted by atomic mass is 79.9. The molecular formula is C10H8BrN3O2S. The van der Waals surface area contributed by atoms with Gasteiger partial charge in [0.2, 0.25) is 0 Å². The summed E-state index contributed by atoms with van der Waals surface area (Å²) in [5, 5.41) is 20.2. The van der Waals surface area contributed by atoms with E-state index < -0.39 is 5.97 Å². The molecule has 1 rings (SSSR count). The first kappa shape index (κ1) is 13.5. The number of carboxylic acids is 1. The lowest BCUT2D eigenvalue weighted by Crippen LogP contribution is -2.12. The Morgan fingerprint density at radius 2 is 2.35 bits per heavy atom. The zero-order valence-corrected chi connectivity index (χ0v) is 11.2. The van der Waals surface area contributed by atoms with E-state index in [-0.39, 0.29) is 5.56 Å². The summed E-state index contributed by atoms with van der Waals surface area (Å²) in [7, 11) is 0. The number of halogens is 1. The van der Waals surface area contributed by atoms with Gasteiger partial charge in [0.15, 0.2) is 11.4 Å². The lowest BCUT2D eigenvalue weighted by Gasteiger charge is -2.03. The number of benzene rings is 1. The molecule has 0 aromatic heterocycles. The molecule has 0 aliphatic carbocycles. The maximum Gasteiger partial charge on any atom is 0.335 e. The SMILES string of the molecule is CSC(=Nc1ccc(C(=O)O)cc1Br)NC#N. The van der Waals surface area contributed by atoms with Gasteiger partial charge < -0.3 is 5.11 Å². The fourth-order valence-electron chi connectivity index (χ4n) is 1.01. The van der Waals surface area contributed by atoms with E-state index in [0.717, 1.165) is 0 Å². The van der Waals surface area contributed by atoms with E-state index >= 15 is 0 Å². The van der Waals surface area contributed by atoms with Crippen molar-refractivity contribution in [2.75, 3.05) is 6.26 Å². The van der Waals surface area contributed by atoms with Crippen molar-refractivity contribution in [3.8, 4) is 6.19 Å². The van der Waals surface area contributed by atoms with Gasteiger partial charge in [-0.1, -0.05) is 11.8 Å². The molecule has 0 saturated carbocycles. The summed E-state index contributed by atoms with van der Waals surface area (Å²) < 4.78 is 0.559. The van der Waals surface area contributed by atoms with Gasteiger partial charge in [0, 0.05) is 4.47 Å². The number of thioether (sulfide) groups is 1. The highest BCUT2D eigenvalue weighted by molar-refractivity contribution is 9.10. The Labute approximate surface area is 111 Å². The number of nitrogens with one attached hydrogen (secondary N) is 1. The Hall–Kier alpha value is -1.52. The Bertz CT molecular complexity index is 511. The molecule has 0 radical (unpaired) electrons. The molecule has 0 heterocycles. The van der Waals surface area contributed by atoms with Gasteiger partial charge in [0.1, 0.15) is 0 Å². The third-order valence-corrected chi connectivity index (χ3v) is 2.99. The molecule has 0 amide bonds. The van der Waals surface area contributed by atoms with Crippen molar-refractivity contribution in [3.05, 3.63) is 28.2 Å². The molecule has 0 saturated heterocycles. The molecule has 0 fully saturated rings. The van der Waals surface area contributed by atoms with E-state index in [1.165, 1.54) is 23.9 Å². The van der Waals surface area contributed by atoms with Crippen molar-refractivity contribution in [3.63, 3.8) is 0 Å². The van der Waals surface area contributed by atoms with Crippen LogP contribution in [0.5, 0.6) is 0 Å². The first-order chi connectivity index (χ1) is 8.08. The second-order valence-corrected chi connectivity index (χ2v) is 4.48. The van der Waals surface area contributed by atoms with Crippen molar-refractivity contribution < 1.29 is 9.90 Å². The highest BCUT2D eigenvalue weighted by Gasteiger charge is 2.07. The Morgan fingerprint density at radius 1 is 1.65 bits per heavy atom. The average Bonchev–Trinajstić information content (AvgIpc) is 2.30. The number of carbonyl (C=O) groups is 1. The van der Waals surface area contributed by atoms with Crippen molar-refractivity contribution >= 4 is 44.5 Å². The first-order valence-corrected chi connectivity index (χ1v) is 6.41. The number of aliphatic imine (C=N–C) groups is 1. The summed E-state index contributed by atoms with van der Waals surface area (Å²) >= 11 is 4.52. The van der Waals surface area contributed by atoms with Gasteiger partial charge in [-0.2, -0.15) is 5.26 Å². The number of amidine groups is 1. The van der Waals surface area contributed by atoms with Crippen molar-refractivity contribution in [1.82, 2.24) is 5.32 Å². The minimum atomic E-state index is -0.999. The summed E-state index contributed by atoms with van der Waals surface area (Å²) in [5.74, 6) is -0.999. The highest BCUT2D eigenvalue weighted by Crippen LogP contribution is 2.27. The summed E-state index contributed by atoms with van der Waals surface area (Å²) in [6.45, 7) is 0. The zero-order chi connectivity index (χ0) is 12.8. The lowest BCUT2D eigenvalue weighted by molar-refractivity contribution is 0.0697. The molecule has 1 aromatic carbocycles. The van der Waals surface area contributed by atoms with Crippen LogP contribution in [-0.4, -0.2) is 22.5 Å². The van der Waals surface area contributed by atoms with E-state index in [2.05, 4.69) is 26.2 Å². The normalized spacial score (nSPS) is 10.8. The van der Waals surface area contributed by atoms with Crippen LogP contribution >= 0.6 is 27.7 Å². The van der Waals surface area contributed by atoms with Gasteiger partial charge in [0.05, 0.1) is 11.3 Å². The van der Waals surface area contributed by atoms with Crippen LogP contribution < -0.4 is 5.32 Å². The van der Waals surface area contributed by atoms with Gasteiger partial charge in [-0.05, 0) is 40.4 Å². The Kier molecular flexibility index (Phi) is 5.00. The van der Waals surface area contributed by atoms with Crippen LogP contribution in [0.2, 0.25) is 0 Å². The maximum absolute atomic E-state index is 10.7. The summed E-state index contributed by atoms with van der Waals surface area (Å²) in [5.41, 5.74) is 0.733. The number of carboxylic acid groups (broad SMARTS) is 1. The van der Waals surface area contributed by atoms with Crippen molar-refractivity contribution in [2.24, 2.45) is 4.99 Å². The molecule has 5 nitrogen and oxygen atoms in total. The quantitative estimate of drug-likeness (QED) is 0.379. The third kappa shape index (κ3) is 3.76. The molecule has 88 valence electrons. The third-order valence-electron chi connectivity index (χ3n) is 1.77. The molecule has 0 atom stereocenters. The average molecular weight is 314 g/mol. The monoisotopic (exact) mass is 313 g/mol. The molecule has 0 aliphatic rings. The molecule has 0 spiro atoms. The standard InChI is InChI=1S/C10H8BrN3O2S/c1-17-10(13-5-12)14-8-3-2-6(9(15)16)4-7(8)11/h2-4H,1H3,(H,13,14)(H,15,16).